The van der Waals surface area contributed by atoms with E-state index in [9.17, 15) is 0 Å². The van der Waals surface area contributed by atoms with Gasteiger partial charge in [0.05, 0.1) is 13.2 Å². The van der Waals surface area contributed by atoms with E-state index in [2.05, 4.69) is 25.7 Å². The Bertz CT molecular complexity index is 119. The van der Waals surface area contributed by atoms with Crippen LogP contribution in [0.1, 0.15) is 27.2 Å². The Morgan fingerprint density at radius 2 is 1.67 bits per heavy atom. The number of hydrogen-bond acceptors (Lipinski definition) is 4. The maximum absolute atomic E-state index is 5.27. The first kappa shape index (κ1) is 15.6. The van der Waals surface area contributed by atoms with Crippen molar-refractivity contribution in [3.63, 3.8) is 0 Å². The van der Waals surface area contributed by atoms with Gasteiger partial charge in [0.15, 0.2) is 0 Å². The normalized spacial score (nSPS) is 17.0. The molecule has 0 bridgehead atoms. The van der Waals surface area contributed by atoms with E-state index in [4.69, 9.17) is 4.74 Å². The zero-order valence-corrected chi connectivity index (χ0v) is 12.0. The number of rotatable bonds is 5. The highest BCUT2D eigenvalue weighted by Crippen LogP contribution is 2.19. The summed E-state index contributed by atoms with van der Waals surface area (Å²) in [4.78, 5) is 2.48. The quantitative estimate of drug-likeness (QED) is 0.549. The second-order valence-electron chi connectivity index (χ2n) is 3.39. The van der Waals surface area contributed by atoms with E-state index in [1.165, 1.54) is 24.5 Å². The predicted octanol–water partition coefficient (Wildman–Crippen LogP) is 3.14. The Balaban J connectivity index is 0.000000583. The molecular weight excluding hydrogens is 226 g/mol. The molecule has 0 radical (unpaired) electrons. The molecule has 1 aliphatic rings. The second-order valence-corrected chi connectivity index (χ2v) is 6.26. The Morgan fingerprint density at radius 3 is 2.20 bits per heavy atom. The molecule has 1 fully saturated rings. The molecule has 0 aromatic heterocycles. The van der Waals surface area contributed by atoms with E-state index in [1.807, 2.05) is 21.6 Å². The fourth-order valence-corrected chi connectivity index (χ4v) is 2.83. The highest BCUT2D eigenvalue weighted by Gasteiger charge is 2.08. The summed E-state index contributed by atoms with van der Waals surface area (Å²) in [6.07, 6.45) is 1.25. The lowest BCUT2D eigenvalue weighted by atomic mass is 10.4. The van der Waals surface area contributed by atoms with Crippen LogP contribution in [0.3, 0.4) is 0 Å². The third-order valence-corrected chi connectivity index (χ3v) is 4.25. The van der Waals surface area contributed by atoms with Crippen molar-refractivity contribution >= 4 is 21.6 Å². The van der Waals surface area contributed by atoms with Crippen LogP contribution in [-0.2, 0) is 4.74 Å². The van der Waals surface area contributed by atoms with Crippen LogP contribution >= 0.6 is 21.6 Å². The highest BCUT2D eigenvalue weighted by atomic mass is 33.1. The molecule has 92 valence electrons. The predicted molar refractivity (Wildman–Crippen MR) is 73.8 cm³/mol. The first-order chi connectivity index (χ1) is 7.35. The average Bonchev–Trinajstić information content (AvgIpc) is 2.27. The Hall–Kier alpha value is 0.620. The molecule has 0 unspecified atom stereocenters. The molecule has 1 rings (SSSR count). The average molecular weight is 251 g/mol. The van der Waals surface area contributed by atoms with Gasteiger partial charge in [-0.15, -0.1) is 0 Å². The lowest BCUT2D eigenvalue weighted by molar-refractivity contribution is 0.0410. The van der Waals surface area contributed by atoms with E-state index >= 15 is 0 Å². The summed E-state index contributed by atoms with van der Waals surface area (Å²) in [6, 6.07) is 0. The van der Waals surface area contributed by atoms with Crippen LogP contribution < -0.4 is 0 Å². The summed E-state index contributed by atoms with van der Waals surface area (Å²) < 4.78 is 5.27. The van der Waals surface area contributed by atoms with Crippen molar-refractivity contribution in [3.8, 4) is 0 Å². The molecule has 1 aliphatic heterocycles. The van der Waals surface area contributed by atoms with E-state index in [0.29, 0.717) is 0 Å². The zero-order valence-electron chi connectivity index (χ0n) is 10.3. The molecule has 0 aliphatic carbocycles. The molecule has 0 aromatic carbocycles. The minimum absolute atomic E-state index is 0.922. The Kier molecular flexibility index (Phi) is 13.2. The summed E-state index contributed by atoms with van der Waals surface area (Å²) in [6.45, 7) is 11.8. The number of ether oxygens (including phenoxy) is 1. The summed E-state index contributed by atoms with van der Waals surface area (Å²) in [5.74, 6) is 2.46. The van der Waals surface area contributed by atoms with Crippen molar-refractivity contribution in [1.29, 1.82) is 0 Å². The zero-order chi connectivity index (χ0) is 11.4. The van der Waals surface area contributed by atoms with Crippen LogP contribution in [0.5, 0.6) is 0 Å². The molecule has 0 atom stereocenters. The van der Waals surface area contributed by atoms with Crippen molar-refractivity contribution in [2.45, 2.75) is 27.2 Å². The molecule has 15 heavy (non-hydrogen) atoms. The van der Waals surface area contributed by atoms with Crippen LogP contribution in [0.2, 0.25) is 0 Å². The van der Waals surface area contributed by atoms with Gasteiger partial charge in [-0.2, -0.15) is 0 Å². The topological polar surface area (TPSA) is 12.5 Å². The minimum atomic E-state index is 0.922. The van der Waals surface area contributed by atoms with E-state index in [1.54, 1.807) is 0 Å². The van der Waals surface area contributed by atoms with Gasteiger partial charge in [0.25, 0.3) is 0 Å². The molecule has 0 amide bonds. The molecule has 1 saturated heterocycles. The van der Waals surface area contributed by atoms with Gasteiger partial charge in [-0.25, -0.2) is 0 Å². The van der Waals surface area contributed by atoms with Crippen molar-refractivity contribution in [2.24, 2.45) is 0 Å². The van der Waals surface area contributed by atoms with Gasteiger partial charge in [0.1, 0.15) is 0 Å². The molecule has 0 saturated carbocycles. The monoisotopic (exact) mass is 251 g/mol. The number of nitrogens with zero attached hydrogens (tertiary/aromatic N) is 1. The van der Waals surface area contributed by atoms with Gasteiger partial charge in [-0.1, -0.05) is 48.8 Å². The van der Waals surface area contributed by atoms with Crippen molar-refractivity contribution < 1.29 is 4.74 Å². The van der Waals surface area contributed by atoms with Gasteiger partial charge < -0.3 is 4.74 Å². The summed E-state index contributed by atoms with van der Waals surface area (Å²) >= 11 is 0. The summed E-state index contributed by atoms with van der Waals surface area (Å²) in [5, 5.41) is 0. The highest BCUT2D eigenvalue weighted by molar-refractivity contribution is 8.76. The van der Waals surface area contributed by atoms with E-state index in [0.717, 1.165) is 26.3 Å². The molecule has 0 spiro atoms. The lowest BCUT2D eigenvalue weighted by Gasteiger charge is -2.26. The molecule has 4 heteroatoms. The third-order valence-electron chi connectivity index (χ3n) is 1.80. The lowest BCUT2D eigenvalue weighted by Crippen LogP contribution is -2.37. The van der Waals surface area contributed by atoms with Gasteiger partial charge >= 0.3 is 0 Å². The first-order valence-electron chi connectivity index (χ1n) is 5.89. The van der Waals surface area contributed by atoms with Crippen LogP contribution in [0.25, 0.3) is 0 Å². The van der Waals surface area contributed by atoms with Crippen molar-refractivity contribution in [2.75, 3.05) is 44.4 Å². The minimum Gasteiger partial charge on any atom is -0.379 e. The third kappa shape index (κ3) is 10.9. The van der Waals surface area contributed by atoms with Crippen molar-refractivity contribution in [1.82, 2.24) is 4.90 Å². The van der Waals surface area contributed by atoms with Gasteiger partial charge in [0.2, 0.25) is 0 Å². The first-order valence-corrected chi connectivity index (χ1v) is 8.38. The number of morpholine rings is 1. The smallest absolute Gasteiger partial charge is 0.0594 e. The maximum atomic E-state index is 5.27. The van der Waals surface area contributed by atoms with Crippen LogP contribution in [0, 0.1) is 0 Å². The molecule has 0 N–H and O–H groups in total. The standard InChI is InChI=1S/C8H17NOS2.C3H8/c1-2-11-12-8-5-9-3-6-10-7-4-9;1-3-2/h2-8H2,1H3;3H2,1-2H3. The van der Waals surface area contributed by atoms with Crippen LogP contribution in [0.4, 0.5) is 0 Å². The molecule has 0 aromatic rings. The molecular formula is C11H25NOS2. The summed E-state index contributed by atoms with van der Waals surface area (Å²) in [5.41, 5.74) is 0. The fourth-order valence-electron chi connectivity index (χ4n) is 1.13. The van der Waals surface area contributed by atoms with Gasteiger partial charge in [0, 0.05) is 31.1 Å². The summed E-state index contributed by atoms with van der Waals surface area (Å²) in [7, 11) is 3.94. The Labute approximate surface area is 103 Å². The Morgan fingerprint density at radius 1 is 1.07 bits per heavy atom. The van der Waals surface area contributed by atoms with Crippen molar-refractivity contribution in [3.05, 3.63) is 0 Å². The number of hydrogen-bond donors (Lipinski definition) is 0. The van der Waals surface area contributed by atoms with Gasteiger partial charge in [-0.3, -0.25) is 4.90 Å². The second kappa shape index (κ2) is 12.7. The molecule has 1 heterocycles. The molecule has 2 nitrogen and oxygen atoms in total. The SMILES string of the molecule is CCC.CCSSCCN1CCOCC1. The fraction of sp³-hybridized carbons (Fsp3) is 1.00. The largest absolute Gasteiger partial charge is 0.379 e. The van der Waals surface area contributed by atoms with E-state index in [-0.39, 0.29) is 0 Å². The van der Waals surface area contributed by atoms with Crippen LogP contribution in [-0.4, -0.2) is 49.3 Å². The van der Waals surface area contributed by atoms with E-state index < -0.39 is 0 Å². The maximum Gasteiger partial charge on any atom is 0.0594 e. The van der Waals surface area contributed by atoms with Crippen LogP contribution in [0.15, 0.2) is 0 Å². The van der Waals surface area contributed by atoms with Gasteiger partial charge in [-0.05, 0) is 0 Å².